The Morgan fingerprint density at radius 2 is 0.814 bits per heavy atom. The lowest BCUT2D eigenvalue weighted by molar-refractivity contribution is -0.379. The van der Waals surface area contributed by atoms with Gasteiger partial charge in [-0.05, 0) is 96.3 Å². The number of nitrogens with one attached hydrogen (secondary N) is 1. The summed E-state index contributed by atoms with van der Waals surface area (Å²) in [5.74, 6) is -0.352. The average molecular weight is 1210 g/mol. The Kier molecular flexibility index (Phi) is 42.4. The van der Waals surface area contributed by atoms with Crippen LogP contribution in [0, 0.1) is 0 Å². The van der Waals surface area contributed by atoms with Gasteiger partial charge in [-0.15, -0.1) is 0 Å². The van der Waals surface area contributed by atoms with Gasteiger partial charge in [-0.25, -0.2) is 0 Å². The summed E-state index contributed by atoms with van der Waals surface area (Å²) in [4.78, 5) is 13.3. The summed E-state index contributed by atoms with van der Waals surface area (Å²) in [5, 5.41) is 120. The lowest BCUT2D eigenvalue weighted by atomic mass is 9.96. The molecule has 19 nitrogen and oxygen atoms in total. The summed E-state index contributed by atoms with van der Waals surface area (Å²) < 4.78 is 34.2. The van der Waals surface area contributed by atoms with Crippen LogP contribution in [0.3, 0.4) is 0 Å². The summed E-state index contributed by atoms with van der Waals surface area (Å²) in [5.41, 5.74) is 0. The molecule has 0 aromatic rings. The van der Waals surface area contributed by atoms with Crippen LogP contribution in [0.1, 0.15) is 149 Å². The molecule has 19 heteroatoms. The lowest BCUT2D eigenvalue weighted by Gasteiger charge is -2.48. The second-order valence-corrected chi connectivity index (χ2v) is 21.8. The molecule has 3 heterocycles. The van der Waals surface area contributed by atoms with E-state index in [1.165, 1.54) is 32.1 Å². The first kappa shape index (κ1) is 76.2. The molecule has 86 heavy (non-hydrogen) atoms. The number of rotatable bonds is 44. The topological polar surface area (TPSA) is 307 Å². The van der Waals surface area contributed by atoms with Crippen molar-refractivity contribution < 1.29 is 89.4 Å². The summed E-state index contributed by atoms with van der Waals surface area (Å²) in [6.07, 6.45) is 38.8. The van der Waals surface area contributed by atoms with E-state index in [4.69, 9.17) is 28.4 Å². The van der Waals surface area contributed by atoms with Crippen LogP contribution in [-0.2, 0) is 33.2 Å². The Morgan fingerprint density at radius 3 is 1.30 bits per heavy atom. The van der Waals surface area contributed by atoms with Gasteiger partial charge in [0.1, 0.15) is 73.2 Å². The van der Waals surface area contributed by atoms with Crippen molar-refractivity contribution in [1.82, 2.24) is 5.32 Å². The zero-order valence-corrected chi connectivity index (χ0v) is 51.0. The first-order chi connectivity index (χ1) is 41.8. The summed E-state index contributed by atoms with van der Waals surface area (Å²) in [6, 6.07) is -1.03. The second kappa shape index (κ2) is 47.9. The Hall–Kier alpha value is -4.07. The number of amides is 1. The van der Waals surface area contributed by atoms with E-state index < -0.39 is 131 Å². The number of unbranched alkanes of at least 4 members (excludes halogenated alkanes) is 8. The predicted molar refractivity (Wildman–Crippen MR) is 332 cm³/mol. The van der Waals surface area contributed by atoms with Gasteiger partial charge in [-0.3, -0.25) is 4.79 Å². The Morgan fingerprint density at radius 1 is 0.430 bits per heavy atom. The first-order valence-electron chi connectivity index (χ1n) is 31.4. The van der Waals surface area contributed by atoms with E-state index in [2.05, 4.69) is 129 Å². The van der Waals surface area contributed by atoms with Crippen LogP contribution in [0.4, 0.5) is 0 Å². The maximum atomic E-state index is 13.3. The molecule has 0 aromatic carbocycles. The van der Waals surface area contributed by atoms with E-state index in [1.54, 1.807) is 6.08 Å². The van der Waals surface area contributed by atoms with Crippen molar-refractivity contribution in [1.29, 1.82) is 0 Å². The quantitative estimate of drug-likeness (QED) is 0.0225. The minimum Gasteiger partial charge on any atom is -0.394 e. The zero-order valence-electron chi connectivity index (χ0n) is 51.0. The summed E-state index contributed by atoms with van der Waals surface area (Å²) in [7, 11) is 0. The Balaban J connectivity index is 1.47. The number of ether oxygens (including phenoxy) is 6. The van der Waals surface area contributed by atoms with Crippen LogP contribution in [-0.4, -0.2) is 193 Å². The molecule has 0 spiro atoms. The van der Waals surface area contributed by atoms with Crippen LogP contribution in [0.2, 0.25) is 0 Å². The molecule has 0 bridgehead atoms. The molecule has 0 radical (unpaired) electrons. The molecule has 17 unspecified atom stereocenters. The van der Waals surface area contributed by atoms with Crippen LogP contribution in [0.5, 0.6) is 0 Å². The van der Waals surface area contributed by atoms with Crippen molar-refractivity contribution in [3.63, 3.8) is 0 Å². The molecule has 3 saturated heterocycles. The van der Waals surface area contributed by atoms with Crippen LogP contribution >= 0.6 is 0 Å². The number of allylic oxidation sites excluding steroid dienone is 21. The highest BCUT2D eigenvalue weighted by atomic mass is 16.8. The Labute approximate surface area is 511 Å². The van der Waals surface area contributed by atoms with Crippen molar-refractivity contribution in [3.05, 3.63) is 134 Å². The monoisotopic (exact) mass is 1210 g/mol. The fourth-order valence-corrected chi connectivity index (χ4v) is 9.56. The van der Waals surface area contributed by atoms with E-state index in [-0.39, 0.29) is 12.3 Å². The van der Waals surface area contributed by atoms with Gasteiger partial charge in [0.15, 0.2) is 18.9 Å². The highest BCUT2D eigenvalue weighted by Crippen LogP contribution is 2.33. The molecule has 0 aliphatic carbocycles. The largest absolute Gasteiger partial charge is 0.394 e. The van der Waals surface area contributed by atoms with Crippen molar-refractivity contribution in [2.45, 2.75) is 253 Å². The van der Waals surface area contributed by atoms with Crippen molar-refractivity contribution in [2.24, 2.45) is 0 Å². The van der Waals surface area contributed by atoms with E-state index in [9.17, 15) is 61.0 Å². The van der Waals surface area contributed by atoms with Gasteiger partial charge >= 0.3 is 0 Å². The number of aliphatic hydroxyl groups excluding tert-OH is 11. The lowest BCUT2D eigenvalue weighted by Crippen LogP contribution is -2.66. The van der Waals surface area contributed by atoms with Gasteiger partial charge in [0.2, 0.25) is 5.91 Å². The van der Waals surface area contributed by atoms with E-state index in [0.29, 0.717) is 19.3 Å². The molecule has 0 saturated carbocycles. The number of carbonyl (C=O) groups excluding carboxylic acids is 1. The minimum atomic E-state index is -1.99. The van der Waals surface area contributed by atoms with E-state index in [0.717, 1.165) is 77.0 Å². The van der Waals surface area contributed by atoms with Crippen LogP contribution in [0.25, 0.3) is 0 Å². The van der Waals surface area contributed by atoms with Crippen molar-refractivity contribution in [3.8, 4) is 0 Å². The van der Waals surface area contributed by atoms with Crippen LogP contribution in [0.15, 0.2) is 134 Å². The molecule has 1 amide bonds. The average Bonchev–Trinajstić information content (AvgIpc) is 2.62. The molecule has 3 fully saturated rings. The molecule has 3 aliphatic heterocycles. The highest BCUT2D eigenvalue weighted by molar-refractivity contribution is 5.76. The van der Waals surface area contributed by atoms with Gasteiger partial charge < -0.3 is 89.9 Å². The third-order valence-electron chi connectivity index (χ3n) is 14.7. The minimum absolute atomic E-state index is 0.145. The Bertz CT molecular complexity index is 2080. The molecular weight excluding hydrogens is 1110 g/mol. The second-order valence-electron chi connectivity index (χ2n) is 21.8. The molecular formula is C67H107NO18. The predicted octanol–water partition coefficient (Wildman–Crippen LogP) is 6.65. The maximum absolute atomic E-state index is 13.3. The normalized spacial score (nSPS) is 29.7. The number of carbonyl (C=O) groups is 1. The van der Waals surface area contributed by atoms with Gasteiger partial charge in [0, 0.05) is 6.42 Å². The molecule has 3 rings (SSSR count). The highest BCUT2D eigenvalue weighted by Gasteiger charge is 2.53. The smallest absolute Gasteiger partial charge is 0.220 e. The molecule has 488 valence electrons. The number of aliphatic hydroxyl groups is 11. The zero-order chi connectivity index (χ0) is 62.6. The summed E-state index contributed by atoms with van der Waals surface area (Å²) >= 11 is 0. The number of hydrogen-bond donors (Lipinski definition) is 12. The number of hydrogen-bond acceptors (Lipinski definition) is 18. The van der Waals surface area contributed by atoms with Gasteiger partial charge in [0.25, 0.3) is 0 Å². The van der Waals surface area contributed by atoms with Crippen molar-refractivity contribution in [2.75, 3.05) is 26.4 Å². The molecule has 3 aliphatic rings. The summed E-state index contributed by atoms with van der Waals surface area (Å²) in [6.45, 7) is 1.48. The third kappa shape index (κ3) is 30.4. The third-order valence-corrected chi connectivity index (χ3v) is 14.7. The van der Waals surface area contributed by atoms with Gasteiger partial charge in [-0.2, -0.15) is 0 Å². The van der Waals surface area contributed by atoms with Crippen molar-refractivity contribution >= 4 is 5.91 Å². The van der Waals surface area contributed by atoms with Crippen LogP contribution < -0.4 is 5.32 Å². The molecule has 12 N–H and O–H groups in total. The first-order valence-corrected chi connectivity index (χ1v) is 31.4. The fraction of sp³-hybridized carbons (Fsp3) is 0.657. The maximum Gasteiger partial charge on any atom is 0.220 e. The molecule has 17 atom stereocenters. The SMILES string of the molecule is CC/C=C\C/C=C\C/C=C\C/C=C\C/C=C\C/C=C\C/C=C\C/C=C\C/C=C\CCCC(=O)NC(COC1OC(CO)C(OC2OC(CO)C(OC3OC(CO)C(O)C(O)C3O)C(O)C2O)C(O)C1O)C(O)/C=C/CC/C=C/CCCCCCCC. The van der Waals surface area contributed by atoms with E-state index in [1.807, 2.05) is 18.2 Å². The van der Waals surface area contributed by atoms with Gasteiger partial charge in [0.05, 0.1) is 38.6 Å². The van der Waals surface area contributed by atoms with E-state index >= 15 is 0 Å². The molecule has 0 aromatic heterocycles. The standard InChI is InChI=1S/C67H107NO18/c1-3-5-7-9-11-13-15-17-18-19-20-21-22-23-24-25-26-27-28-29-30-31-32-33-35-37-39-41-43-45-55(73)68-50(51(72)44-42-40-38-36-34-16-14-12-10-8-6-4-2)49-81-65-61(79)58(76)63(53(47-70)83-65)86-67-62(80)59(77)64(54(48-71)84-67)85-66-60(78)57(75)56(74)52(46-69)82-66/h5,7,11,13,17-18,20-21,23-24,26-27,29-30,32-34,36-37,39,42,44,50-54,56-67,69-72,74-80H,3-4,6,8-10,12,14-16,19,22,25,28,31,35,38,40-41,43,45-49H2,1-2H3,(H,68,73)/b7-5-,13-11-,18-17-,21-20-,24-23-,27-26-,30-29-,33-32-,36-34+,39-37-,44-42+. The fourth-order valence-electron chi connectivity index (χ4n) is 9.56. The van der Waals surface area contributed by atoms with Gasteiger partial charge in [-0.1, -0.05) is 180 Å².